The Hall–Kier alpha value is -3.22. The average Bonchev–Trinajstić information content (AvgIpc) is 2.91. The summed E-state index contributed by atoms with van der Waals surface area (Å²) in [7, 11) is 1.35. The molecule has 0 aliphatic rings. The summed E-state index contributed by atoms with van der Waals surface area (Å²) in [5.41, 5.74) is 1.69. The molecule has 0 saturated carbocycles. The molecule has 0 spiro atoms. The topological polar surface area (TPSA) is 60.3 Å². The molecule has 152 valence electrons. The number of nitrogens with zero attached hydrogens (tertiary/aromatic N) is 1. The second kappa shape index (κ2) is 8.03. The Morgan fingerprint density at radius 1 is 1.14 bits per heavy atom. The van der Waals surface area contributed by atoms with Crippen LogP contribution in [0.25, 0.3) is 10.9 Å². The fourth-order valence-electron chi connectivity index (χ4n) is 3.38. The van der Waals surface area contributed by atoms with E-state index in [1.165, 1.54) is 48.1 Å². The molecule has 0 aliphatic carbocycles. The number of carbonyl (C=O) groups is 2. The van der Waals surface area contributed by atoms with Gasteiger partial charge in [-0.2, -0.15) is 0 Å². The van der Waals surface area contributed by atoms with Crippen molar-refractivity contribution < 1.29 is 23.1 Å². The number of aromatic nitrogens is 1. The number of carbonyl (C=O) groups excluding carboxylic acids is 2. The summed E-state index contributed by atoms with van der Waals surface area (Å²) in [6, 6.07) is 7.78. The summed E-state index contributed by atoms with van der Waals surface area (Å²) in [5.74, 6) is -1.71. The molecule has 0 bridgehead atoms. The van der Waals surface area contributed by atoms with Crippen LogP contribution in [0.2, 0.25) is 0 Å². The van der Waals surface area contributed by atoms with E-state index in [0.29, 0.717) is 22.2 Å². The van der Waals surface area contributed by atoms with Crippen LogP contribution in [-0.2, 0) is 11.2 Å². The summed E-state index contributed by atoms with van der Waals surface area (Å²) in [4.78, 5) is 25.5. The zero-order valence-corrected chi connectivity index (χ0v) is 16.7. The Bertz CT molecular complexity index is 1090. The predicted molar refractivity (Wildman–Crippen MR) is 106 cm³/mol. The number of hydrogen-bond acceptors (Lipinski definition) is 3. The highest BCUT2D eigenvalue weighted by Gasteiger charge is 2.23. The van der Waals surface area contributed by atoms with Crippen LogP contribution in [0.15, 0.2) is 36.4 Å². The Kier molecular flexibility index (Phi) is 5.68. The average molecular weight is 400 g/mol. The fraction of sp³-hybridized carbons (Fsp3) is 0.273. The van der Waals surface area contributed by atoms with Crippen molar-refractivity contribution in [3.8, 4) is 5.75 Å². The van der Waals surface area contributed by atoms with Crippen LogP contribution in [0.4, 0.5) is 8.78 Å². The minimum absolute atomic E-state index is 0.0226. The van der Waals surface area contributed by atoms with E-state index < -0.39 is 17.5 Å². The van der Waals surface area contributed by atoms with E-state index in [1.807, 2.05) is 13.8 Å². The van der Waals surface area contributed by atoms with E-state index in [-0.39, 0.29) is 29.7 Å². The van der Waals surface area contributed by atoms with Gasteiger partial charge in [-0.25, -0.2) is 8.78 Å². The maximum Gasteiger partial charge on any atom is 0.262 e. The maximum atomic E-state index is 14.4. The number of ether oxygens (including phenoxy) is 1. The van der Waals surface area contributed by atoms with Crippen LogP contribution in [0.1, 0.15) is 35.5 Å². The molecule has 7 heteroatoms. The molecule has 3 rings (SSSR count). The monoisotopic (exact) mass is 400 g/mol. The van der Waals surface area contributed by atoms with E-state index in [9.17, 15) is 18.4 Å². The van der Waals surface area contributed by atoms with Gasteiger partial charge in [0.2, 0.25) is 5.91 Å². The smallest absolute Gasteiger partial charge is 0.262 e. The van der Waals surface area contributed by atoms with Crippen molar-refractivity contribution in [2.45, 2.75) is 33.2 Å². The molecule has 1 aromatic heterocycles. The number of amides is 1. The zero-order chi connectivity index (χ0) is 21.3. The van der Waals surface area contributed by atoms with Gasteiger partial charge in [-0.3, -0.25) is 14.2 Å². The molecule has 0 aliphatic heterocycles. The molecule has 5 nitrogen and oxygen atoms in total. The van der Waals surface area contributed by atoms with Gasteiger partial charge in [0.15, 0.2) is 11.6 Å². The lowest BCUT2D eigenvalue weighted by molar-refractivity contribution is -0.120. The third-order valence-corrected chi connectivity index (χ3v) is 4.69. The highest BCUT2D eigenvalue weighted by Crippen LogP contribution is 2.32. The molecule has 2 aromatic carbocycles. The molecule has 29 heavy (non-hydrogen) atoms. The highest BCUT2D eigenvalue weighted by atomic mass is 19.1. The third kappa shape index (κ3) is 3.99. The Morgan fingerprint density at radius 3 is 2.38 bits per heavy atom. The molecule has 0 saturated heterocycles. The van der Waals surface area contributed by atoms with Crippen LogP contribution in [0, 0.1) is 18.6 Å². The number of methoxy groups -OCH3 is 1. The molecular weight excluding hydrogens is 378 g/mol. The number of benzene rings is 2. The minimum atomic E-state index is -0.621. The summed E-state index contributed by atoms with van der Waals surface area (Å²) in [6.45, 7) is 5.40. The molecule has 0 radical (unpaired) electrons. The molecular formula is C22H22F2N2O3. The second-order valence-electron chi connectivity index (χ2n) is 7.11. The van der Waals surface area contributed by atoms with Crippen LogP contribution >= 0.6 is 0 Å². The summed E-state index contributed by atoms with van der Waals surface area (Å²) < 4.78 is 34.1. The van der Waals surface area contributed by atoms with E-state index >= 15 is 0 Å². The van der Waals surface area contributed by atoms with Gasteiger partial charge in [-0.15, -0.1) is 0 Å². The Morgan fingerprint density at radius 2 is 1.79 bits per heavy atom. The zero-order valence-electron chi connectivity index (χ0n) is 16.7. The van der Waals surface area contributed by atoms with Gasteiger partial charge in [-0.05, 0) is 56.7 Å². The number of nitrogens with one attached hydrogen (secondary N) is 1. The van der Waals surface area contributed by atoms with Crippen molar-refractivity contribution in [3.05, 3.63) is 64.9 Å². The molecule has 0 unspecified atom stereocenters. The van der Waals surface area contributed by atoms with Gasteiger partial charge in [0.25, 0.3) is 5.91 Å². The lowest BCUT2D eigenvalue weighted by atomic mass is 10.1. The first-order valence-electron chi connectivity index (χ1n) is 9.20. The molecule has 0 atom stereocenters. The molecule has 1 N–H and O–H groups in total. The van der Waals surface area contributed by atoms with Gasteiger partial charge >= 0.3 is 0 Å². The van der Waals surface area contributed by atoms with E-state index in [2.05, 4.69) is 5.32 Å². The van der Waals surface area contributed by atoms with Gasteiger partial charge in [-0.1, -0.05) is 0 Å². The van der Waals surface area contributed by atoms with E-state index in [4.69, 9.17) is 4.74 Å². The number of halogens is 2. The summed E-state index contributed by atoms with van der Waals surface area (Å²) >= 11 is 0. The van der Waals surface area contributed by atoms with Crippen molar-refractivity contribution >= 4 is 22.7 Å². The van der Waals surface area contributed by atoms with Crippen molar-refractivity contribution in [1.29, 1.82) is 0 Å². The molecule has 1 heterocycles. The van der Waals surface area contributed by atoms with Crippen LogP contribution in [-0.4, -0.2) is 29.5 Å². The van der Waals surface area contributed by atoms with Crippen molar-refractivity contribution in [1.82, 2.24) is 9.88 Å². The largest absolute Gasteiger partial charge is 0.494 e. The van der Waals surface area contributed by atoms with Gasteiger partial charge < -0.3 is 10.1 Å². The van der Waals surface area contributed by atoms with Gasteiger partial charge in [0.05, 0.1) is 19.0 Å². The quantitative estimate of drug-likeness (QED) is 0.705. The predicted octanol–water partition coefficient (Wildman–Crippen LogP) is 3.99. The minimum Gasteiger partial charge on any atom is -0.494 e. The third-order valence-electron chi connectivity index (χ3n) is 4.69. The molecule has 1 amide bonds. The van der Waals surface area contributed by atoms with E-state index in [0.717, 1.165) is 0 Å². The number of hydrogen-bond donors (Lipinski definition) is 1. The SMILES string of the molecule is COc1cc2c(CC(=O)NC(C)C)c(C)n(C(=O)c3ccc(F)cc3)c2cc1F. The van der Waals surface area contributed by atoms with Crippen LogP contribution in [0.3, 0.4) is 0 Å². The van der Waals surface area contributed by atoms with Gasteiger partial charge in [0.1, 0.15) is 5.82 Å². The Labute approximate surface area is 167 Å². The second-order valence-corrected chi connectivity index (χ2v) is 7.11. The Balaban J connectivity index is 2.20. The normalized spacial score (nSPS) is 11.1. The number of fused-ring (bicyclic) bond motifs is 1. The van der Waals surface area contributed by atoms with Crippen molar-refractivity contribution in [3.63, 3.8) is 0 Å². The standard InChI is InChI=1S/C22H22F2N2O3/c1-12(2)25-21(27)10-16-13(3)26(22(28)14-5-7-15(23)8-6-14)19-11-18(24)20(29-4)9-17(16)19/h5-9,11-12H,10H2,1-4H3,(H,25,27). The maximum absolute atomic E-state index is 14.4. The van der Waals surface area contributed by atoms with E-state index in [1.54, 1.807) is 6.92 Å². The lowest BCUT2D eigenvalue weighted by Gasteiger charge is -2.09. The molecule has 0 fully saturated rings. The lowest BCUT2D eigenvalue weighted by Crippen LogP contribution is -2.31. The van der Waals surface area contributed by atoms with Crippen LogP contribution in [0.5, 0.6) is 5.75 Å². The van der Waals surface area contributed by atoms with Crippen molar-refractivity contribution in [2.75, 3.05) is 7.11 Å². The summed E-state index contributed by atoms with van der Waals surface area (Å²) in [5, 5.41) is 3.37. The van der Waals surface area contributed by atoms with Crippen LogP contribution < -0.4 is 10.1 Å². The fourth-order valence-corrected chi connectivity index (χ4v) is 3.38. The first-order chi connectivity index (χ1) is 13.7. The highest BCUT2D eigenvalue weighted by molar-refractivity contribution is 6.05. The first-order valence-corrected chi connectivity index (χ1v) is 9.20. The molecule has 3 aromatic rings. The first kappa shape index (κ1) is 20.5. The van der Waals surface area contributed by atoms with Gasteiger partial charge in [0, 0.05) is 28.8 Å². The number of rotatable bonds is 5. The van der Waals surface area contributed by atoms with Crippen molar-refractivity contribution in [2.24, 2.45) is 0 Å². The summed E-state index contributed by atoms with van der Waals surface area (Å²) in [6.07, 6.45) is 0.0268.